The van der Waals surface area contributed by atoms with Crippen molar-refractivity contribution in [2.75, 3.05) is 23.9 Å². The molecule has 1 aliphatic rings. The second-order valence-electron chi connectivity index (χ2n) is 4.03. The van der Waals surface area contributed by atoms with Gasteiger partial charge in [-0.25, -0.2) is 0 Å². The third-order valence-corrected chi connectivity index (χ3v) is 5.18. The van der Waals surface area contributed by atoms with Gasteiger partial charge in [-0.15, -0.1) is 0 Å². The topological polar surface area (TPSA) is 12.0 Å². The molecule has 0 amide bonds. The van der Waals surface area contributed by atoms with E-state index in [9.17, 15) is 0 Å². The summed E-state index contributed by atoms with van der Waals surface area (Å²) in [6, 6.07) is 10.1. The number of rotatable bonds is 1. The minimum atomic E-state index is 0. The van der Waals surface area contributed by atoms with E-state index >= 15 is 0 Å². The van der Waals surface area contributed by atoms with Crippen molar-refractivity contribution in [1.29, 1.82) is 0 Å². The summed E-state index contributed by atoms with van der Waals surface area (Å²) in [6.45, 7) is 0. The molecule has 2 rings (SSSR count). The van der Waals surface area contributed by atoms with Crippen LogP contribution in [0.4, 0.5) is 5.69 Å². The Bertz CT molecular complexity index is 241. The molecule has 0 saturated carbocycles. The zero-order valence-corrected chi connectivity index (χ0v) is 12.3. The SMILES string of the molecule is C1CCCSSCCC1.CNc1ccccc1.[NaH]. The molecule has 1 saturated heterocycles. The van der Waals surface area contributed by atoms with Crippen LogP contribution < -0.4 is 5.32 Å². The van der Waals surface area contributed by atoms with Gasteiger partial charge in [-0.05, 0) is 25.0 Å². The molecule has 1 nitrogen and oxygen atoms in total. The van der Waals surface area contributed by atoms with Gasteiger partial charge in [0.25, 0.3) is 0 Å². The molecule has 0 bridgehead atoms. The molecular formula is C14H24NNaS2. The van der Waals surface area contributed by atoms with Crippen molar-refractivity contribution in [3.63, 3.8) is 0 Å². The van der Waals surface area contributed by atoms with Crippen molar-refractivity contribution in [2.24, 2.45) is 0 Å². The fourth-order valence-corrected chi connectivity index (χ4v) is 3.87. The Morgan fingerprint density at radius 2 is 1.33 bits per heavy atom. The molecule has 0 atom stereocenters. The van der Waals surface area contributed by atoms with Crippen LogP contribution in [0.2, 0.25) is 0 Å². The van der Waals surface area contributed by atoms with Crippen LogP contribution in [0.3, 0.4) is 0 Å². The molecular weight excluding hydrogens is 269 g/mol. The zero-order valence-electron chi connectivity index (χ0n) is 10.7. The van der Waals surface area contributed by atoms with Gasteiger partial charge in [-0.1, -0.05) is 59.0 Å². The van der Waals surface area contributed by atoms with Crippen LogP contribution >= 0.6 is 21.6 Å². The first-order valence-electron chi connectivity index (χ1n) is 6.40. The van der Waals surface area contributed by atoms with E-state index < -0.39 is 0 Å². The van der Waals surface area contributed by atoms with Gasteiger partial charge < -0.3 is 5.32 Å². The molecule has 4 heteroatoms. The summed E-state index contributed by atoms with van der Waals surface area (Å²) < 4.78 is 0. The fourth-order valence-electron chi connectivity index (χ4n) is 1.57. The first kappa shape index (κ1) is 18.7. The van der Waals surface area contributed by atoms with Crippen molar-refractivity contribution >= 4 is 56.8 Å². The third-order valence-electron chi connectivity index (χ3n) is 2.60. The Morgan fingerprint density at radius 3 is 1.78 bits per heavy atom. The van der Waals surface area contributed by atoms with Gasteiger partial charge in [0.1, 0.15) is 0 Å². The molecule has 1 aliphatic heterocycles. The van der Waals surface area contributed by atoms with Gasteiger partial charge >= 0.3 is 29.6 Å². The first-order valence-corrected chi connectivity index (χ1v) is 8.89. The Labute approximate surface area is 142 Å². The van der Waals surface area contributed by atoms with Crippen molar-refractivity contribution in [3.05, 3.63) is 30.3 Å². The second kappa shape index (κ2) is 14.1. The van der Waals surface area contributed by atoms with Crippen LogP contribution in [0.5, 0.6) is 0 Å². The van der Waals surface area contributed by atoms with Gasteiger partial charge in [-0.3, -0.25) is 0 Å². The normalized spacial score (nSPS) is 15.8. The summed E-state index contributed by atoms with van der Waals surface area (Å²) in [6.07, 6.45) is 7.29. The van der Waals surface area contributed by atoms with Crippen LogP contribution in [0.15, 0.2) is 30.3 Å². The van der Waals surface area contributed by atoms with Crippen molar-refractivity contribution in [3.8, 4) is 0 Å². The number of hydrogen-bond acceptors (Lipinski definition) is 3. The predicted octanol–water partition coefficient (Wildman–Crippen LogP) is 4.41. The molecule has 1 heterocycles. The molecule has 0 unspecified atom stereocenters. The Morgan fingerprint density at radius 1 is 0.833 bits per heavy atom. The standard InChI is InChI=1S/C7H9N.C7H14S2.Na.H/c1-8-7-5-3-2-4-6-7;1-2-4-6-8-9-7-5-3-1;;/h2-6,8H,1H3;1-7H2;;. The van der Waals surface area contributed by atoms with Gasteiger partial charge in [0, 0.05) is 24.2 Å². The number of benzene rings is 1. The molecule has 0 spiro atoms. The maximum atomic E-state index is 3.03. The van der Waals surface area contributed by atoms with Gasteiger partial charge in [0.05, 0.1) is 0 Å². The first-order chi connectivity index (χ1) is 8.43. The number of nitrogens with one attached hydrogen (secondary N) is 1. The molecule has 98 valence electrons. The van der Waals surface area contributed by atoms with Gasteiger partial charge in [0.15, 0.2) is 0 Å². The van der Waals surface area contributed by atoms with E-state index in [-0.39, 0.29) is 29.6 Å². The van der Waals surface area contributed by atoms with Crippen molar-refractivity contribution < 1.29 is 0 Å². The monoisotopic (exact) mass is 293 g/mol. The van der Waals surface area contributed by atoms with Crippen LogP contribution in [0.1, 0.15) is 32.1 Å². The van der Waals surface area contributed by atoms with Crippen LogP contribution in [0, 0.1) is 0 Å². The van der Waals surface area contributed by atoms with E-state index in [1.807, 2.05) is 37.4 Å². The predicted molar refractivity (Wildman–Crippen MR) is 91.1 cm³/mol. The molecule has 0 aliphatic carbocycles. The average molecular weight is 293 g/mol. The summed E-state index contributed by atoms with van der Waals surface area (Å²) in [7, 11) is 6.03. The van der Waals surface area contributed by atoms with E-state index in [2.05, 4.69) is 26.9 Å². The molecule has 1 aromatic rings. The van der Waals surface area contributed by atoms with Crippen molar-refractivity contribution in [2.45, 2.75) is 32.1 Å². The quantitative estimate of drug-likeness (QED) is 0.608. The van der Waals surface area contributed by atoms with Crippen LogP contribution in [-0.2, 0) is 0 Å². The molecule has 1 fully saturated rings. The van der Waals surface area contributed by atoms with E-state index in [0.29, 0.717) is 0 Å². The number of hydrogen-bond donors (Lipinski definition) is 1. The number of anilines is 1. The average Bonchev–Trinajstić information content (AvgIpc) is 2.56. The van der Waals surface area contributed by atoms with E-state index in [4.69, 9.17) is 0 Å². The maximum absolute atomic E-state index is 3.03. The van der Waals surface area contributed by atoms with Crippen LogP contribution in [-0.4, -0.2) is 48.1 Å². The fraction of sp³-hybridized carbons (Fsp3) is 0.571. The molecule has 0 radical (unpaired) electrons. The van der Waals surface area contributed by atoms with E-state index in [1.54, 1.807) is 0 Å². The van der Waals surface area contributed by atoms with Crippen molar-refractivity contribution in [1.82, 2.24) is 0 Å². The molecule has 1 N–H and O–H groups in total. The van der Waals surface area contributed by atoms with Crippen LogP contribution in [0.25, 0.3) is 0 Å². The van der Waals surface area contributed by atoms with E-state index in [0.717, 1.165) is 5.69 Å². The summed E-state index contributed by atoms with van der Waals surface area (Å²) >= 11 is 0. The van der Waals surface area contributed by atoms with E-state index in [1.165, 1.54) is 43.6 Å². The summed E-state index contributed by atoms with van der Waals surface area (Å²) in [5.41, 5.74) is 1.16. The molecule has 1 aromatic carbocycles. The zero-order chi connectivity index (χ0) is 12.2. The minimum absolute atomic E-state index is 0. The van der Waals surface area contributed by atoms with Gasteiger partial charge in [-0.2, -0.15) is 0 Å². The summed E-state index contributed by atoms with van der Waals surface area (Å²) in [5.74, 6) is 2.76. The summed E-state index contributed by atoms with van der Waals surface area (Å²) in [5, 5.41) is 3.03. The molecule has 18 heavy (non-hydrogen) atoms. The Kier molecular flexibility index (Phi) is 14.7. The molecule has 0 aromatic heterocycles. The summed E-state index contributed by atoms with van der Waals surface area (Å²) in [4.78, 5) is 0. The Hall–Kier alpha value is 0.720. The Balaban J connectivity index is 0.000000306. The number of para-hydroxylation sites is 1. The second-order valence-corrected chi connectivity index (χ2v) is 6.73. The van der Waals surface area contributed by atoms with Gasteiger partial charge in [0.2, 0.25) is 0 Å². The third kappa shape index (κ3) is 10.6.